The largest absolute Gasteiger partial charge is 0.314 e. The maximum atomic E-state index is 13.0. The van der Waals surface area contributed by atoms with Gasteiger partial charge < -0.3 is 5.32 Å². The van der Waals surface area contributed by atoms with Gasteiger partial charge in [0.05, 0.1) is 0 Å². The lowest BCUT2D eigenvalue weighted by Gasteiger charge is -2.14. The molecular weight excluding hydrogens is 201 g/mol. The molecule has 0 aliphatic heterocycles. The van der Waals surface area contributed by atoms with E-state index in [1.54, 1.807) is 12.1 Å². The number of halogens is 1. The first-order chi connectivity index (χ1) is 7.70. The zero-order chi connectivity index (χ0) is 11.5. The van der Waals surface area contributed by atoms with E-state index in [2.05, 4.69) is 12.2 Å². The Balaban J connectivity index is 2.08. The molecular formula is C14H20FN. The van der Waals surface area contributed by atoms with E-state index in [0.717, 1.165) is 12.1 Å². The van der Waals surface area contributed by atoms with Crippen molar-refractivity contribution in [2.75, 3.05) is 6.54 Å². The van der Waals surface area contributed by atoms with Gasteiger partial charge in [0.15, 0.2) is 0 Å². The first kappa shape index (κ1) is 11.6. The Morgan fingerprint density at radius 3 is 2.88 bits per heavy atom. The highest BCUT2D eigenvalue weighted by Gasteiger charge is 2.25. The van der Waals surface area contributed by atoms with Crippen LogP contribution in [0, 0.1) is 12.7 Å². The van der Waals surface area contributed by atoms with Crippen molar-refractivity contribution >= 4 is 0 Å². The molecule has 2 unspecified atom stereocenters. The van der Waals surface area contributed by atoms with Crippen molar-refractivity contribution in [2.24, 2.45) is 0 Å². The van der Waals surface area contributed by atoms with Gasteiger partial charge in [-0.05, 0) is 61.9 Å². The van der Waals surface area contributed by atoms with Gasteiger partial charge in [-0.25, -0.2) is 4.39 Å². The van der Waals surface area contributed by atoms with Crippen LogP contribution in [0.2, 0.25) is 0 Å². The first-order valence-corrected chi connectivity index (χ1v) is 6.20. The topological polar surface area (TPSA) is 12.0 Å². The Labute approximate surface area is 97.1 Å². The van der Waals surface area contributed by atoms with E-state index < -0.39 is 0 Å². The van der Waals surface area contributed by atoms with Crippen LogP contribution in [0.3, 0.4) is 0 Å². The van der Waals surface area contributed by atoms with Crippen LogP contribution in [0.4, 0.5) is 4.39 Å². The summed E-state index contributed by atoms with van der Waals surface area (Å²) in [6.07, 6.45) is 3.67. The van der Waals surface area contributed by atoms with Gasteiger partial charge in [-0.3, -0.25) is 0 Å². The van der Waals surface area contributed by atoms with Crippen molar-refractivity contribution in [3.8, 4) is 0 Å². The molecule has 0 spiro atoms. The fraction of sp³-hybridized carbons (Fsp3) is 0.571. The molecule has 1 aromatic carbocycles. The van der Waals surface area contributed by atoms with Crippen molar-refractivity contribution < 1.29 is 4.39 Å². The van der Waals surface area contributed by atoms with E-state index in [-0.39, 0.29) is 5.82 Å². The van der Waals surface area contributed by atoms with Crippen molar-refractivity contribution in [3.63, 3.8) is 0 Å². The van der Waals surface area contributed by atoms with E-state index in [0.29, 0.717) is 12.0 Å². The van der Waals surface area contributed by atoms with Gasteiger partial charge in [0, 0.05) is 6.04 Å². The molecule has 88 valence electrons. The average Bonchev–Trinajstić information content (AvgIpc) is 2.67. The van der Waals surface area contributed by atoms with Crippen LogP contribution in [-0.2, 0) is 0 Å². The van der Waals surface area contributed by atoms with Gasteiger partial charge in [-0.1, -0.05) is 13.0 Å². The highest BCUT2D eigenvalue weighted by Crippen LogP contribution is 2.36. The molecule has 2 heteroatoms. The predicted molar refractivity (Wildman–Crippen MR) is 65.2 cm³/mol. The zero-order valence-corrected chi connectivity index (χ0v) is 10.1. The predicted octanol–water partition coefficient (Wildman–Crippen LogP) is 3.38. The summed E-state index contributed by atoms with van der Waals surface area (Å²) in [6.45, 7) is 5.20. The third kappa shape index (κ3) is 2.43. The fourth-order valence-corrected chi connectivity index (χ4v) is 2.84. The number of benzene rings is 1. The van der Waals surface area contributed by atoms with Crippen LogP contribution in [-0.4, -0.2) is 12.6 Å². The monoisotopic (exact) mass is 221 g/mol. The molecule has 0 bridgehead atoms. The molecule has 1 aromatic rings. The van der Waals surface area contributed by atoms with E-state index in [4.69, 9.17) is 0 Å². The minimum absolute atomic E-state index is 0.123. The van der Waals surface area contributed by atoms with E-state index >= 15 is 0 Å². The molecule has 1 fully saturated rings. The lowest BCUT2D eigenvalue weighted by molar-refractivity contribution is 0.534. The average molecular weight is 221 g/mol. The number of aryl methyl sites for hydroxylation is 1. The minimum Gasteiger partial charge on any atom is -0.314 e. The molecule has 0 radical (unpaired) electrons. The zero-order valence-electron chi connectivity index (χ0n) is 10.1. The van der Waals surface area contributed by atoms with Gasteiger partial charge in [-0.2, -0.15) is 0 Å². The SMILES string of the molecule is CCNC1CCC(c2ccc(F)cc2C)C1. The lowest BCUT2D eigenvalue weighted by Crippen LogP contribution is -2.25. The Bertz CT molecular complexity index is 362. The summed E-state index contributed by atoms with van der Waals surface area (Å²) >= 11 is 0. The second-order valence-corrected chi connectivity index (χ2v) is 4.77. The quantitative estimate of drug-likeness (QED) is 0.825. The summed E-state index contributed by atoms with van der Waals surface area (Å²) in [7, 11) is 0. The molecule has 0 heterocycles. The number of hydrogen-bond donors (Lipinski definition) is 1. The molecule has 2 atom stereocenters. The van der Waals surface area contributed by atoms with Crippen LogP contribution in [0.1, 0.15) is 43.2 Å². The molecule has 0 amide bonds. The molecule has 16 heavy (non-hydrogen) atoms. The van der Waals surface area contributed by atoms with Crippen molar-refractivity contribution in [2.45, 2.75) is 45.1 Å². The number of hydrogen-bond acceptors (Lipinski definition) is 1. The fourth-order valence-electron chi connectivity index (χ4n) is 2.84. The molecule has 1 nitrogen and oxygen atoms in total. The Kier molecular flexibility index (Phi) is 3.59. The number of nitrogens with one attached hydrogen (secondary N) is 1. The molecule has 1 aliphatic carbocycles. The first-order valence-electron chi connectivity index (χ1n) is 6.20. The van der Waals surface area contributed by atoms with Gasteiger partial charge in [-0.15, -0.1) is 0 Å². The summed E-state index contributed by atoms with van der Waals surface area (Å²) in [4.78, 5) is 0. The summed E-state index contributed by atoms with van der Waals surface area (Å²) in [5.41, 5.74) is 2.43. The third-order valence-electron chi connectivity index (χ3n) is 3.60. The highest BCUT2D eigenvalue weighted by molar-refractivity contribution is 5.30. The summed E-state index contributed by atoms with van der Waals surface area (Å²) in [6, 6.07) is 5.85. The van der Waals surface area contributed by atoms with Gasteiger partial charge >= 0.3 is 0 Å². The summed E-state index contributed by atoms with van der Waals surface area (Å²) < 4.78 is 13.0. The van der Waals surface area contributed by atoms with Crippen LogP contribution < -0.4 is 5.32 Å². The van der Waals surface area contributed by atoms with Crippen LogP contribution in [0.15, 0.2) is 18.2 Å². The van der Waals surface area contributed by atoms with E-state index in [1.165, 1.54) is 24.8 Å². The van der Waals surface area contributed by atoms with Crippen molar-refractivity contribution in [1.82, 2.24) is 5.32 Å². The van der Waals surface area contributed by atoms with E-state index in [1.807, 2.05) is 13.0 Å². The minimum atomic E-state index is -0.123. The van der Waals surface area contributed by atoms with Crippen molar-refractivity contribution in [3.05, 3.63) is 35.1 Å². The van der Waals surface area contributed by atoms with E-state index in [9.17, 15) is 4.39 Å². The normalized spacial score (nSPS) is 24.9. The second-order valence-electron chi connectivity index (χ2n) is 4.77. The van der Waals surface area contributed by atoms with Crippen LogP contribution in [0.25, 0.3) is 0 Å². The smallest absolute Gasteiger partial charge is 0.123 e. The summed E-state index contributed by atoms with van der Waals surface area (Å²) in [5.74, 6) is 0.493. The van der Waals surface area contributed by atoms with Crippen molar-refractivity contribution in [1.29, 1.82) is 0 Å². The second kappa shape index (κ2) is 4.96. The molecule has 1 N–H and O–H groups in total. The molecule has 1 saturated carbocycles. The summed E-state index contributed by atoms with van der Waals surface area (Å²) in [5, 5.41) is 3.50. The Morgan fingerprint density at radius 2 is 2.19 bits per heavy atom. The molecule has 0 aromatic heterocycles. The van der Waals surface area contributed by atoms with Crippen LogP contribution in [0.5, 0.6) is 0 Å². The Morgan fingerprint density at radius 1 is 1.38 bits per heavy atom. The highest BCUT2D eigenvalue weighted by atomic mass is 19.1. The maximum Gasteiger partial charge on any atom is 0.123 e. The molecule has 0 saturated heterocycles. The van der Waals surface area contributed by atoms with Crippen LogP contribution >= 0.6 is 0 Å². The molecule has 1 aliphatic rings. The standard InChI is InChI=1S/C14H20FN/c1-3-16-13-6-4-11(9-13)14-7-5-12(15)8-10(14)2/h5,7-8,11,13,16H,3-4,6,9H2,1-2H3. The Hall–Kier alpha value is -0.890. The lowest BCUT2D eigenvalue weighted by atomic mass is 9.93. The molecule has 2 rings (SSSR count). The van der Waals surface area contributed by atoms with Gasteiger partial charge in [0.1, 0.15) is 5.82 Å². The van der Waals surface area contributed by atoms with Gasteiger partial charge in [0.2, 0.25) is 0 Å². The third-order valence-corrected chi connectivity index (χ3v) is 3.60. The maximum absolute atomic E-state index is 13.0. The number of rotatable bonds is 3. The van der Waals surface area contributed by atoms with Gasteiger partial charge in [0.25, 0.3) is 0 Å².